The van der Waals surface area contributed by atoms with E-state index in [4.69, 9.17) is 5.73 Å². The van der Waals surface area contributed by atoms with Gasteiger partial charge >= 0.3 is 6.18 Å². The normalized spacial score (nSPS) is 31.0. The number of halogens is 3. The number of carbonyl (C=O) groups is 1. The minimum Gasteiger partial charge on any atom is -0.366 e. The van der Waals surface area contributed by atoms with Crippen molar-refractivity contribution in [3.63, 3.8) is 0 Å². The summed E-state index contributed by atoms with van der Waals surface area (Å²) in [7, 11) is 0. The molecule has 0 radical (unpaired) electrons. The zero-order chi connectivity index (χ0) is 15.9. The standard InChI is InChI=1S/C14H17F3N4O/c15-14(16,17)6-11-2-1-5-19-8-12-4-3-10(13(18)22)7-20(12)21(11)9-19/h1-2,4,7,11H,3,5-6,8-9H2,(H2,18,22). The summed E-state index contributed by atoms with van der Waals surface area (Å²) in [5, 5.41) is 3.29. The summed E-state index contributed by atoms with van der Waals surface area (Å²) < 4.78 is 38.5. The van der Waals surface area contributed by atoms with Crippen molar-refractivity contribution >= 4 is 5.91 Å². The lowest BCUT2D eigenvalue weighted by molar-refractivity contribution is -0.160. The zero-order valence-corrected chi connectivity index (χ0v) is 11.9. The van der Waals surface area contributed by atoms with Gasteiger partial charge in [0.15, 0.2) is 0 Å². The molecule has 0 aromatic rings. The summed E-state index contributed by atoms with van der Waals surface area (Å²) in [5.74, 6) is -0.546. The highest BCUT2D eigenvalue weighted by atomic mass is 19.4. The number of amides is 1. The predicted molar refractivity (Wildman–Crippen MR) is 73.7 cm³/mol. The van der Waals surface area contributed by atoms with Crippen LogP contribution in [0.5, 0.6) is 0 Å². The Morgan fingerprint density at radius 3 is 2.86 bits per heavy atom. The lowest BCUT2D eigenvalue weighted by atomic mass is 10.1. The van der Waals surface area contributed by atoms with Gasteiger partial charge in [0.25, 0.3) is 0 Å². The van der Waals surface area contributed by atoms with Crippen molar-refractivity contribution in [1.29, 1.82) is 0 Å². The second-order valence-corrected chi connectivity index (χ2v) is 5.67. The van der Waals surface area contributed by atoms with Gasteiger partial charge in [0.2, 0.25) is 5.91 Å². The molecule has 0 aromatic heterocycles. The molecule has 3 aliphatic rings. The zero-order valence-electron chi connectivity index (χ0n) is 11.9. The molecule has 22 heavy (non-hydrogen) atoms. The largest absolute Gasteiger partial charge is 0.390 e. The van der Waals surface area contributed by atoms with Gasteiger partial charge in [-0.25, -0.2) is 0 Å². The minimum absolute atomic E-state index is 0.383. The van der Waals surface area contributed by atoms with Crippen LogP contribution in [0.3, 0.4) is 0 Å². The van der Waals surface area contributed by atoms with E-state index in [2.05, 4.69) is 4.90 Å². The third kappa shape index (κ3) is 3.02. The van der Waals surface area contributed by atoms with E-state index < -0.39 is 24.5 Å². The van der Waals surface area contributed by atoms with Gasteiger partial charge in [-0.2, -0.15) is 18.2 Å². The summed E-state index contributed by atoms with van der Waals surface area (Å²) in [4.78, 5) is 13.4. The highest BCUT2D eigenvalue weighted by molar-refractivity contribution is 5.92. The number of nitrogens with zero attached hydrogens (tertiary/aromatic N) is 3. The first-order valence-electron chi connectivity index (χ1n) is 7.04. The monoisotopic (exact) mass is 314 g/mol. The van der Waals surface area contributed by atoms with Crippen LogP contribution in [0.2, 0.25) is 0 Å². The number of alkyl halides is 3. The van der Waals surface area contributed by atoms with Gasteiger partial charge in [-0.1, -0.05) is 18.2 Å². The van der Waals surface area contributed by atoms with E-state index in [1.807, 2.05) is 6.08 Å². The molecule has 2 bridgehead atoms. The molecular formula is C14H17F3N4O. The third-order valence-corrected chi connectivity index (χ3v) is 4.00. The molecule has 1 saturated heterocycles. The maximum absolute atomic E-state index is 12.8. The minimum atomic E-state index is -4.25. The SMILES string of the molecule is NC(=O)C1=CN2C(=CC1)CN1CC=CC(CC(F)(F)F)N2C1. The molecule has 0 aliphatic carbocycles. The highest BCUT2D eigenvalue weighted by Gasteiger charge is 2.40. The Labute approximate surface area is 126 Å². The first-order chi connectivity index (χ1) is 10.3. The van der Waals surface area contributed by atoms with E-state index >= 15 is 0 Å². The van der Waals surface area contributed by atoms with Gasteiger partial charge in [-0.05, 0) is 6.42 Å². The lowest BCUT2D eigenvalue weighted by Gasteiger charge is -2.47. The number of primary amides is 1. The van der Waals surface area contributed by atoms with Crippen molar-refractivity contribution in [3.8, 4) is 0 Å². The molecule has 3 unspecified atom stereocenters. The molecule has 3 aliphatic heterocycles. The van der Waals surface area contributed by atoms with Crippen LogP contribution in [0, 0.1) is 0 Å². The molecular weight excluding hydrogens is 297 g/mol. The summed E-state index contributed by atoms with van der Waals surface area (Å²) >= 11 is 0. The average Bonchev–Trinajstić information content (AvgIpc) is 2.57. The maximum atomic E-state index is 12.8. The smallest absolute Gasteiger partial charge is 0.366 e. The van der Waals surface area contributed by atoms with E-state index in [0.717, 1.165) is 5.70 Å². The van der Waals surface area contributed by atoms with Crippen LogP contribution in [0.15, 0.2) is 35.7 Å². The Morgan fingerprint density at radius 1 is 1.41 bits per heavy atom. The topological polar surface area (TPSA) is 52.8 Å². The Hall–Kier alpha value is -1.80. The van der Waals surface area contributed by atoms with E-state index in [1.165, 1.54) is 0 Å². The van der Waals surface area contributed by atoms with Gasteiger partial charge in [-0.15, -0.1) is 0 Å². The van der Waals surface area contributed by atoms with Crippen molar-refractivity contribution < 1.29 is 18.0 Å². The average molecular weight is 314 g/mol. The van der Waals surface area contributed by atoms with Crippen molar-refractivity contribution in [3.05, 3.63) is 35.7 Å². The van der Waals surface area contributed by atoms with E-state index in [9.17, 15) is 18.0 Å². The number of allylic oxidation sites excluding steroid dienone is 1. The molecule has 0 saturated carbocycles. The van der Waals surface area contributed by atoms with Gasteiger partial charge in [0.05, 0.1) is 19.1 Å². The fourth-order valence-corrected chi connectivity index (χ4v) is 2.96. The van der Waals surface area contributed by atoms with Gasteiger partial charge < -0.3 is 5.73 Å². The molecule has 5 nitrogen and oxygen atoms in total. The van der Waals surface area contributed by atoms with Crippen LogP contribution in [0.25, 0.3) is 0 Å². The van der Waals surface area contributed by atoms with Crippen LogP contribution in [0.1, 0.15) is 12.8 Å². The molecule has 3 atom stereocenters. The lowest BCUT2D eigenvalue weighted by Crippen LogP contribution is -2.56. The van der Waals surface area contributed by atoms with Crippen LogP contribution < -0.4 is 5.73 Å². The Morgan fingerprint density at radius 2 is 2.18 bits per heavy atom. The highest BCUT2D eigenvalue weighted by Crippen LogP contribution is 2.32. The summed E-state index contributed by atoms with van der Waals surface area (Å²) in [6.07, 6.45) is 2.02. The summed E-state index contributed by atoms with van der Waals surface area (Å²) in [5.41, 5.74) is 6.58. The molecule has 1 amide bonds. The second-order valence-electron chi connectivity index (χ2n) is 5.67. The van der Waals surface area contributed by atoms with Crippen LogP contribution in [0.4, 0.5) is 13.2 Å². The first-order valence-corrected chi connectivity index (χ1v) is 7.04. The quantitative estimate of drug-likeness (QED) is 0.781. The number of hydrogen-bond acceptors (Lipinski definition) is 4. The fraction of sp³-hybridized carbons (Fsp3) is 0.500. The van der Waals surface area contributed by atoms with Gasteiger partial charge in [0.1, 0.15) is 0 Å². The number of fused-ring (bicyclic) bond motifs is 4. The van der Waals surface area contributed by atoms with Crippen LogP contribution in [-0.2, 0) is 4.79 Å². The Kier molecular flexibility index (Phi) is 3.73. The van der Waals surface area contributed by atoms with Gasteiger partial charge in [0, 0.05) is 30.6 Å². The molecule has 2 N–H and O–H groups in total. The predicted octanol–water partition coefficient (Wildman–Crippen LogP) is 1.33. The number of rotatable bonds is 2. The Bertz CT molecular complexity index is 567. The molecule has 0 aromatic carbocycles. The van der Waals surface area contributed by atoms with Gasteiger partial charge in [-0.3, -0.25) is 14.7 Å². The third-order valence-electron chi connectivity index (χ3n) is 4.00. The fourth-order valence-electron chi connectivity index (χ4n) is 2.96. The first kappa shape index (κ1) is 15.1. The van der Waals surface area contributed by atoms with Crippen molar-refractivity contribution in [1.82, 2.24) is 14.9 Å². The van der Waals surface area contributed by atoms with E-state index in [0.29, 0.717) is 31.8 Å². The molecule has 120 valence electrons. The maximum Gasteiger partial charge on any atom is 0.390 e. The van der Waals surface area contributed by atoms with Crippen molar-refractivity contribution in [2.24, 2.45) is 5.73 Å². The molecule has 1 fully saturated rings. The van der Waals surface area contributed by atoms with E-state index in [1.54, 1.807) is 28.4 Å². The molecule has 3 rings (SSSR count). The summed E-state index contributed by atoms with van der Waals surface area (Å²) in [6.45, 7) is 1.64. The van der Waals surface area contributed by atoms with E-state index in [-0.39, 0.29) is 0 Å². The number of nitrogens with two attached hydrogens (primary N) is 1. The van der Waals surface area contributed by atoms with Crippen molar-refractivity contribution in [2.75, 3.05) is 19.8 Å². The molecule has 0 spiro atoms. The number of carbonyl (C=O) groups excluding carboxylic acids is 1. The molecule has 8 heteroatoms. The number of hydrazine groups is 1. The van der Waals surface area contributed by atoms with Crippen LogP contribution in [-0.4, -0.2) is 52.8 Å². The van der Waals surface area contributed by atoms with Crippen LogP contribution >= 0.6 is 0 Å². The second kappa shape index (κ2) is 5.44. The molecule has 3 heterocycles. The Balaban J connectivity index is 1.91. The van der Waals surface area contributed by atoms with Crippen molar-refractivity contribution in [2.45, 2.75) is 25.1 Å². The summed E-state index contributed by atoms with van der Waals surface area (Å²) in [6, 6.07) is -0.794. The number of hydrogen-bond donors (Lipinski definition) is 1.